The number of nitrogen functional groups attached to an aromatic ring is 1. The van der Waals surface area contributed by atoms with E-state index in [1.807, 2.05) is 0 Å². The molecule has 1 saturated heterocycles. The predicted molar refractivity (Wildman–Crippen MR) is 59.7 cm³/mol. The van der Waals surface area contributed by atoms with Crippen LogP contribution < -0.4 is 5.73 Å². The molecular formula is C11H17N3O2. The highest BCUT2D eigenvalue weighted by Crippen LogP contribution is 2.30. The van der Waals surface area contributed by atoms with Gasteiger partial charge in [-0.1, -0.05) is 0 Å². The number of methoxy groups -OCH3 is 1. The predicted octanol–water partition coefficient (Wildman–Crippen LogP) is 1.45. The van der Waals surface area contributed by atoms with E-state index in [1.165, 1.54) is 0 Å². The van der Waals surface area contributed by atoms with Gasteiger partial charge in [0.25, 0.3) is 0 Å². The third-order valence-electron chi connectivity index (χ3n) is 2.63. The molecule has 0 saturated carbocycles. The van der Waals surface area contributed by atoms with Gasteiger partial charge in [-0.05, 0) is 19.8 Å². The van der Waals surface area contributed by atoms with Crippen LogP contribution in [0, 0.1) is 0 Å². The fraction of sp³-hybridized carbons (Fsp3) is 0.636. The van der Waals surface area contributed by atoms with Gasteiger partial charge >= 0.3 is 0 Å². The number of ether oxygens (including phenoxy) is 2. The van der Waals surface area contributed by atoms with E-state index < -0.39 is 0 Å². The molecule has 2 heterocycles. The van der Waals surface area contributed by atoms with Crippen LogP contribution in [0.2, 0.25) is 0 Å². The molecule has 1 aliphatic rings. The summed E-state index contributed by atoms with van der Waals surface area (Å²) < 4.78 is 10.7. The van der Waals surface area contributed by atoms with Crippen LogP contribution in [0.1, 0.15) is 37.4 Å². The van der Waals surface area contributed by atoms with E-state index in [0.29, 0.717) is 18.2 Å². The Morgan fingerprint density at radius 3 is 2.94 bits per heavy atom. The normalized spacial score (nSPS) is 24.9. The van der Waals surface area contributed by atoms with Crippen molar-refractivity contribution in [1.82, 2.24) is 9.97 Å². The van der Waals surface area contributed by atoms with Crippen molar-refractivity contribution in [3.63, 3.8) is 0 Å². The monoisotopic (exact) mass is 223 g/mol. The first-order valence-corrected chi connectivity index (χ1v) is 5.46. The molecule has 2 rings (SSSR count). The second-order valence-corrected chi connectivity index (χ2v) is 4.09. The number of aromatic nitrogens is 2. The smallest absolute Gasteiger partial charge is 0.159 e. The third kappa shape index (κ3) is 2.48. The Bertz CT molecular complexity index is 370. The van der Waals surface area contributed by atoms with Crippen molar-refractivity contribution in [2.75, 3.05) is 12.8 Å². The van der Waals surface area contributed by atoms with E-state index in [0.717, 1.165) is 18.5 Å². The summed E-state index contributed by atoms with van der Waals surface area (Å²) in [5, 5.41) is 0. The van der Waals surface area contributed by atoms with Crippen molar-refractivity contribution >= 4 is 5.82 Å². The average molecular weight is 223 g/mol. The summed E-state index contributed by atoms with van der Waals surface area (Å²) >= 11 is 0. The summed E-state index contributed by atoms with van der Waals surface area (Å²) in [4.78, 5) is 8.62. The Morgan fingerprint density at radius 1 is 1.50 bits per heavy atom. The van der Waals surface area contributed by atoms with Gasteiger partial charge in [0, 0.05) is 13.2 Å². The lowest BCUT2D eigenvalue weighted by atomic mass is 10.2. The quantitative estimate of drug-likeness (QED) is 0.839. The molecule has 1 aromatic heterocycles. The molecule has 5 nitrogen and oxygen atoms in total. The van der Waals surface area contributed by atoms with E-state index in [-0.39, 0.29) is 12.2 Å². The third-order valence-corrected chi connectivity index (χ3v) is 2.63. The van der Waals surface area contributed by atoms with Crippen molar-refractivity contribution in [1.29, 1.82) is 0 Å². The minimum Gasteiger partial charge on any atom is -0.384 e. The summed E-state index contributed by atoms with van der Waals surface area (Å²) in [6, 6.07) is 1.73. The molecule has 0 radical (unpaired) electrons. The SMILES string of the molecule is COCc1cc(N)nc(C2CCC(C)O2)n1. The first-order valence-electron chi connectivity index (χ1n) is 5.46. The van der Waals surface area contributed by atoms with E-state index in [9.17, 15) is 0 Å². The minimum absolute atomic E-state index is 0.0193. The van der Waals surface area contributed by atoms with E-state index >= 15 is 0 Å². The van der Waals surface area contributed by atoms with Gasteiger partial charge < -0.3 is 15.2 Å². The fourth-order valence-electron chi connectivity index (χ4n) is 1.90. The Balaban J connectivity index is 2.20. The summed E-state index contributed by atoms with van der Waals surface area (Å²) in [5.74, 6) is 1.15. The molecule has 2 N–H and O–H groups in total. The van der Waals surface area contributed by atoms with Crippen molar-refractivity contribution in [3.8, 4) is 0 Å². The Kier molecular flexibility index (Phi) is 3.36. The topological polar surface area (TPSA) is 70.3 Å². The van der Waals surface area contributed by atoms with Crippen molar-refractivity contribution in [2.24, 2.45) is 0 Å². The molecule has 2 unspecified atom stereocenters. The first-order chi connectivity index (χ1) is 7.69. The Labute approximate surface area is 95.0 Å². The Morgan fingerprint density at radius 2 is 2.31 bits per heavy atom. The molecule has 16 heavy (non-hydrogen) atoms. The molecule has 1 aliphatic heterocycles. The van der Waals surface area contributed by atoms with Crippen LogP contribution in [0.4, 0.5) is 5.82 Å². The number of hydrogen-bond donors (Lipinski definition) is 1. The van der Waals surface area contributed by atoms with Gasteiger partial charge in [0.05, 0.1) is 18.4 Å². The summed E-state index contributed by atoms with van der Waals surface area (Å²) in [6.07, 6.45) is 2.26. The van der Waals surface area contributed by atoms with Crippen LogP contribution in [0.3, 0.4) is 0 Å². The summed E-state index contributed by atoms with van der Waals surface area (Å²) in [5.41, 5.74) is 6.53. The molecule has 0 amide bonds. The number of rotatable bonds is 3. The second kappa shape index (κ2) is 4.76. The molecule has 0 aromatic carbocycles. The number of anilines is 1. The van der Waals surface area contributed by atoms with Gasteiger partial charge in [0.15, 0.2) is 5.82 Å². The molecule has 0 aliphatic carbocycles. The first kappa shape index (κ1) is 11.3. The lowest BCUT2D eigenvalue weighted by molar-refractivity contribution is 0.0499. The number of nitrogens with two attached hydrogens (primary N) is 1. The van der Waals surface area contributed by atoms with E-state index in [2.05, 4.69) is 16.9 Å². The summed E-state index contributed by atoms with van der Waals surface area (Å²) in [7, 11) is 1.63. The molecule has 5 heteroatoms. The van der Waals surface area contributed by atoms with Crippen molar-refractivity contribution in [2.45, 2.75) is 38.6 Å². The van der Waals surface area contributed by atoms with Gasteiger partial charge in [0.2, 0.25) is 0 Å². The molecule has 2 atom stereocenters. The lowest BCUT2D eigenvalue weighted by Gasteiger charge is -2.11. The Hall–Kier alpha value is -1.20. The number of nitrogens with zero attached hydrogens (tertiary/aromatic N) is 2. The highest BCUT2D eigenvalue weighted by molar-refractivity contribution is 5.30. The van der Waals surface area contributed by atoms with Gasteiger partial charge in [-0.15, -0.1) is 0 Å². The van der Waals surface area contributed by atoms with E-state index in [1.54, 1.807) is 13.2 Å². The largest absolute Gasteiger partial charge is 0.384 e. The molecule has 1 aromatic rings. The van der Waals surface area contributed by atoms with Crippen LogP contribution in [0.25, 0.3) is 0 Å². The van der Waals surface area contributed by atoms with Crippen molar-refractivity contribution < 1.29 is 9.47 Å². The highest BCUT2D eigenvalue weighted by Gasteiger charge is 2.26. The molecule has 0 bridgehead atoms. The maximum atomic E-state index is 5.73. The average Bonchev–Trinajstić information content (AvgIpc) is 2.64. The van der Waals surface area contributed by atoms with E-state index in [4.69, 9.17) is 15.2 Å². The zero-order valence-electron chi connectivity index (χ0n) is 9.64. The zero-order valence-corrected chi connectivity index (χ0v) is 9.64. The lowest BCUT2D eigenvalue weighted by Crippen LogP contribution is -2.09. The maximum Gasteiger partial charge on any atom is 0.159 e. The van der Waals surface area contributed by atoms with Crippen LogP contribution in [-0.2, 0) is 16.1 Å². The maximum absolute atomic E-state index is 5.73. The minimum atomic E-state index is -0.0193. The van der Waals surface area contributed by atoms with Gasteiger partial charge in [0.1, 0.15) is 11.9 Å². The fourth-order valence-corrected chi connectivity index (χ4v) is 1.90. The molecular weight excluding hydrogens is 206 g/mol. The van der Waals surface area contributed by atoms with Crippen molar-refractivity contribution in [3.05, 3.63) is 17.6 Å². The molecule has 1 fully saturated rings. The second-order valence-electron chi connectivity index (χ2n) is 4.09. The highest BCUT2D eigenvalue weighted by atomic mass is 16.5. The van der Waals surface area contributed by atoms with Crippen LogP contribution in [0.5, 0.6) is 0 Å². The van der Waals surface area contributed by atoms with Gasteiger partial charge in [-0.2, -0.15) is 0 Å². The zero-order chi connectivity index (χ0) is 11.5. The van der Waals surface area contributed by atoms with Crippen LogP contribution in [0.15, 0.2) is 6.07 Å². The van der Waals surface area contributed by atoms with Gasteiger partial charge in [-0.25, -0.2) is 9.97 Å². The van der Waals surface area contributed by atoms with Crippen LogP contribution in [-0.4, -0.2) is 23.2 Å². The van der Waals surface area contributed by atoms with Crippen LogP contribution >= 0.6 is 0 Å². The summed E-state index contributed by atoms with van der Waals surface area (Å²) in [6.45, 7) is 2.50. The standard InChI is InChI=1S/C11H17N3O2/c1-7-3-4-9(16-7)11-13-8(6-15-2)5-10(12)14-11/h5,7,9H,3-4,6H2,1-2H3,(H2,12,13,14). The molecule has 88 valence electrons. The molecule has 0 spiro atoms. The van der Waals surface area contributed by atoms with Gasteiger partial charge in [-0.3, -0.25) is 0 Å². The number of hydrogen-bond acceptors (Lipinski definition) is 5.